The van der Waals surface area contributed by atoms with Crippen LogP contribution in [0.3, 0.4) is 0 Å². The van der Waals surface area contributed by atoms with Gasteiger partial charge in [-0.05, 0) is 31.2 Å². The first-order valence-electron chi connectivity index (χ1n) is 9.81. The Balaban J connectivity index is 0.00000420. The Morgan fingerprint density at radius 2 is 2.03 bits per heavy atom. The zero-order chi connectivity index (χ0) is 20.7. The van der Waals surface area contributed by atoms with E-state index in [1.165, 1.54) is 0 Å². The summed E-state index contributed by atoms with van der Waals surface area (Å²) in [6.45, 7) is 7.56. The standard InChI is InChI=1S/C21H33F2N3O2.HI/c1-14-8-9-17(28-19(22)23)16(11-14)13-26-20(24-5)25-12-15-7-6-10-27-18(15)21(2,3)4;/h8-9,11,15,18-19H,6-7,10,12-13H2,1-5H3,(H2,24,25,26);1H. The van der Waals surface area contributed by atoms with E-state index >= 15 is 0 Å². The van der Waals surface area contributed by atoms with Crippen molar-refractivity contribution >= 4 is 29.9 Å². The van der Waals surface area contributed by atoms with Crippen molar-refractivity contribution in [3.05, 3.63) is 29.3 Å². The van der Waals surface area contributed by atoms with E-state index in [0.717, 1.165) is 31.6 Å². The summed E-state index contributed by atoms with van der Waals surface area (Å²) in [5, 5.41) is 6.55. The second-order valence-corrected chi connectivity index (χ2v) is 8.36. The Morgan fingerprint density at radius 1 is 1.31 bits per heavy atom. The van der Waals surface area contributed by atoms with Gasteiger partial charge in [0.15, 0.2) is 5.96 Å². The van der Waals surface area contributed by atoms with Crippen molar-refractivity contribution in [1.29, 1.82) is 0 Å². The largest absolute Gasteiger partial charge is 0.434 e. The molecular formula is C21H34F2IN3O2. The summed E-state index contributed by atoms with van der Waals surface area (Å²) in [7, 11) is 1.70. The van der Waals surface area contributed by atoms with E-state index in [4.69, 9.17) is 4.74 Å². The average Bonchev–Trinajstić information content (AvgIpc) is 2.63. The number of hydrogen-bond acceptors (Lipinski definition) is 3. The molecule has 2 rings (SSSR count). The molecule has 1 aliphatic heterocycles. The molecule has 0 saturated carbocycles. The number of nitrogens with zero attached hydrogens (tertiary/aromatic N) is 1. The molecule has 2 atom stereocenters. The van der Waals surface area contributed by atoms with Crippen LogP contribution in [0, 0.1) is 18.3 Å². The quantitative estimate of drug-likeness (QED) is 0.321. The third kappa shape index (κ3) is 8.24. The van der Waals surface area contributed by atoms with Gasteiger partial charge < -0.3 is 20.1 Å². The van der Waals surface area contributed by atoms with Gasteiger partial charge in [-0.15, -0.1) is 24.0 Å². The van der Waals surface area contributed by atoms with Crippen LogP contribution in [0.5, 0.6) is 5.75 Å². The third-order valence-electron chi connectivity index (χ3n) is 4.93. The van der Waals surface area contributed by atoms with Gasteiger partial charge in [0.05, 0.1) is 6.10 Å². The molecule has 1 fully saturated rings. The zero-order valence-electron chi connectivity index (χ0n) is 17.9. The van der Waals surface area contributed by atoms with Gasteiger partial charge in [-0.1, -0.05) is 38.5 Å². The highest BCUT2D eigenvalue weighted by atomic mass is 127. The van der Waals surface area contributed by atoms with E-state index in [2.05, 4.69) is 41.1 Å². The van der Waals surface area contributed by atoms with Gasteiger partial charge in [0, 0.05) is 38.2 Å². The van der Waals surface area contributed by atoms with Crippen LogP contribution in [-0.4, -0.2) is 38.9 Å². The lowest BCUT2D eigenvalue weighted by atomic mass is 9.78. The summed E-state index contributed by atoms with van der Waals surface area (Å²) in [4.78, 5) is 4.25. The van der Waals surface area contributed by atoms with Gasteiger partial charge in [0.1, 0.15) is 5.75 Å². The highest BCUT2D eigenvalue weighted by molar-refractivity contribution is 14.0. The number of halogens is 3. The highest BCUT2D eigenvalue weighted by Crippen LogP contribution is 2.33. The number of aryl methyl sites for hydroxylation is 1. The molecule has 0 aromatic heterocycles. The summed E-state index contributed by atoms with van der Waals surface area (Å²) in [6, 6.07) is 5.16. The monoisotopic (exact) mass is 525 g/mol. The summed E-state index contributed by atoms with van der Waals surface area (Å²) < 4.78 is 35.9. The lowest BCUT2D eigenvalue weighted by Gasteiger charge is -2.40. The van der Waals surface area contributed by atoms with Crippen molar-refractivity contribution in [1.82, 2.24) is 10.6 Å². The fourth-order valence-corrected chi connectivity index (χ4v) is 3.69. The van der Waals surface area contributed by atoms with E-state index in [1.54, 1.807) is 19.2 Å². The first-order valence-corrected chi connectivity index (χ1v) is 9.81. The fraction of sp³-hybridized carbons (Fsp3) is 0.667. The molecule has 0 aliphatic carbocycles. The first-order chi connectivity index (χ1) is 13.2. The maximum atomic E-state index is 12.6. The SMILES string of the molecule is CN=C(NCc1cc(C)ccc1OC(F)F)NCC1CCCOC1C(C)(C)C.I. The molecule has 0 radical (unpaired) electrons. The Morgan fingerprint density at radius 3 is 2.66 bits per heavy atom. The van der Waals surface area contributed by atoms with Gasteiger partial charge in [-0.2, -0.15) is 8.78 Å². The van der Waals surface area contributed by atoms with Crippen LogP contribution in [0.15, 0.2) is 23.2 Å². The molecule has 1 heterocycles. The van der Waals surface area contributed by atoms with Crippen LogP contribution in [0.1, 0.15) is 44.7 Å². The lowest BCUT2D eigenvalue weighted by molar-refractivity contribution is -0.0835. The molecule has 0 bridgehead atoms. The number of alkyl halides is 2. The number of benzene rings is 1. The molecule has 5 nitrogen and oxygen atoms in total. The number of aliphatic imine (C=N–C) groups is 1. The normalized spacial score (nSPS) is 20.2. The Hall–Kier alpha value is -1.16. The van der Waals surface area contributed by atoms with Crippen molar-refractivity contribution in [2.75, 3.05) is 20.2 Å². The van der Waals surface area contributed by atoms with Crippen molar-refractivity contribution in [3.8, 4) is 5.75 Å². The van der Waals surface area contributed by atoms with E-state index < -0.39 is 6.61 Å². The second-order valence-electron chi connectivity index (χ2n) is 8.36. The number of guanidine groups is 1. The predicted molar refractivity (Wildman–Crippen MR) is 123 cm³/mol. The van der Waals surface area contributed by atoms with E-state index in [0.29, 0.717) is 24.0 Å². The molecule has 0 amide bonds. The second kappa shape index (κ2) is 11.9. The van der Waals surface area contributed by atoms with Crippen LogP contribution in [-0.2, 0) is 11.3 Å². The van der Waals surface area contributed by atoms with Crippen LogP contribution >= 0.6 is 24.0 Å². The molecule has 2 unspecified atom stereocenters. The van der Waals surface area contributed by atoms with E-state index in [1.807, 2.05) is 13.0 Å². The summed E-state index contributed by atoms with van der Waals surface area (Å²) >= 11 is 0. The average molecular weight is 525 g/mol. The van der Waals surface area contributed by atoms with Crippen LogP contribution in [0.2, 0.25) is 0 Å². The highest BCUT2D eigenvalue weighted by Gasteiger charge is 2.35. The number of ether oxygens (including phenoxy) is 2. The lowest BCUT2D eigenvalue weighted by Crippen LogP contribution is -2.47. The summed E-state index contributed by atoms with van der Waals surface area (Å²) in [5.74, 6) is 1.20. The Labute approximate surface area is 190 Å². The molecule has 1 saturated heterocycles. The smallest absolute Gasteiger partial charge is 0.387 e. The topological polar surface area (TPSA) is 54.9 Å². The molecule has 8 heteroatoms. The zero-order valence-corrected chi connectivity index (χ0v) is 20.3. The molecule has 0 spiro atoms. The minimum Gasteiger partial charge on any atom is -0.434 e. The molecule has 1 aromatic rings. The third-order valence-corrected chi connectivity index (χ3v) is 4.93. The summed E-state index contributed by atoms with van der Waals surface area (Å²) in [6.07, 6.45) is 2.35. The Kier molecular flexibility index (Phi) is 10.6. The molecule has 29 heavy (non-hydrogen) atoms. The maximum absolute atomic E-state index is 12.6. The van der Waals surface area contributed by atoms with Crippen molar-refractivity contribution in [2.24, 2.45) is 16.3 Å². The minimum atomic E-state index is -2.85. The van der Waals surface area contributed by atoms with Gasteiger partial charge >= 0.3 is 6.61 Å². The minimum absolute atomic E-state index is 0. The van der Waals surface area contributed by atoms with Gasteiger partial charge in [0.25, 0.3) is 0 Å². The molecule has 1 aliphatic rings. The van der Waals surface area contributed by atoms with Crippen LogP contribution in [0.25, 0.3) is 0 Å². The van der Waals surface area contributed by atoms with Crippen molar-refractivity contribution < 1.29 is 18.3 Å². The van der Waals surface area contributed by atoms with E-state index in [9.17, 15) is 8.78 Å². The predicted octanol–water partition coefficient (Wildman–Crippen LogP) is 4.72. The van der Waals surface area contributed by atoms with Gasteiger partial charge in [-0.3, -0.25) is 4.99 Å². The fourth-order valence-electron chi connectivity index (χ4n) is 3.69. The Bertz CT molecular complexity index is 666. The van der Waals surface area contributed by atoms with Crippen molar-refractivity contribution in [3.63, 3.8) is 0 Å². The van der Waals surface area contributed by atoms with Gasteiger partial charge in [0.2, 0.25) is 0 Å². The molecule has 2 N–H and O–H groups in total. The molecule has 166 valence electrons. The van der Waals surface area contributed by atoms with E-state index in [-0.39, 0.29) is 41.2 Å². The maximum Gasteiger partial charge on any atom is 0.387 e. The molecular weight excluding hydrogens is 491 g/mol. The van der Waals surface area contributed by atoms with Gasteiger partial charge in [-0.25, -0.2) is 0 Å². The number of rotatable bonds is 6. The van der Waals surface area contributed by atoms with Crippen LogP contribution < -0.4 is 15.4 Å². The first kappa shape index (κ1) is 25.9. The summed E-state index contributed by atoms with van der Waals surface area (Å²) in [5.41, 5.74) is 1.72. The number of nitrogens with one attached hydrogen (secondary N) is 2. The van der Waals surface area contributed by atoms with Crippen LogP contribution in [0.4, 0.5) is 8.78 Å². The van der Waals surface area contributed by atoms with Crippen molar-refractivity contribution in [2.45, 2.75) is 59.8 Å². The molecule has 1 aromatic carbocycles. The number of hydrogen-bond donors (Lipinski definition) is 2.